The van der Waals surface area contributed by atoms with Gasteiger partial charge in [0.2, 0.25) is 5.91 Å². The summed E-state index contributed by atoms with van der Waals surface area (Å²) in [6.45, 7) is 7.83. The molecule has 1 atom stereocenters. The molecule has 1 heterocycles. The van der Waals surface area contributed by atoms with E-state index in [2.05, 4.69) is 34.5 Å². The Kier molecular flexibility index (Phi) is 8.03. The second-order valence-electron chi connectivity index (χ2n) is 6.65. The number of likely N-dealkylation sites (tertiary alicyclic amines) is 1. The zero-order valence-electron chi connectivity index (χ0n) is 14.3. The van der Waals surface area contributed by atoms with Crippen LogP contribution < -0.4 is 11.1 Å². The van der Waals surface area contributed by atoms with Crippen LogP contribution in [-0.4, -0.2) is 29.4 Å². The number of halogens is 1. The van der Waals surface area contributed by atoms with E-state index in [1.807, 2.05) is 6.92 Å². The third kappa shape index (κ3) is 6.13. The minimum absolute atomic E-state index is 0. The van der Waals surface area contributed by atoms with Gasteiger partial charge in [-0.15, -0.1) is 12.4 Å². The molecule has 0 bridgehead atoms. The molecule has 0 radical (unpaired) electrons. The van der Waals surface area contributed by atoms with E-state index in [-0.39, 0.29) is 18.3 Å². The van der Waals surface area contributed by atoms with Gasteiger partial charge in [-0.2, -0.15) is 0 Å². The van der Waals surface area contributed by atoms with Crippen LogP contribution in [0, 0.1) is 0 Å². The summed E-state index contributed by atoms with van der Waals surface area (Å²) in [5, 5.41) is 2.94. The van der Waals surface area contributed by atoms with Crippen LogP contribution in [0.15, 0.2) is 24.3 Å². The molecule has 1 saturated heterocycles. The summed E-state index contributed by atoms with van der Waals surface area (Å²) in [4.78, 5) is 14.6. The molecule has 1 aromatic rings. The molecule has 0 saturated carbocycles. The molecular formula is C18H30ClN3O. The zero-order valence-corrected chi connectivity index (χ0v) is 15.1. The summed E-state index contributed by atoms with van der Waals surface area (Å²) < 4.78 is 0. The number of carbonyl (C=O) groups is 1. The summed E-state index contributed by atoms with van der Waals surface area (Å²) in [5.41, 5.74) is 7.72. The van der Waals surface area contributed by atoms with Gasteiger partial charge < -0.3 is 11.1 Å². The fourth-order valence-electron chi connectivity index (χ4n) is 2.98. The van der Waals surface area contributed by atoms with Crippen molar-refractivity contribution in [1.29, 1.82) is 0 Å². The Labute approximate surface area is 146 Å². The standard InChI is InChI=1S/C18H29N3O.ClH/c1-3-10-18(2,19)17(22)20-13-15-6-8-16(9-7-15)14-21-11-4-5-12-21;/h6-9H,3-5,10-14,19H2,1-2H3,(H,20,22);1H. The lowest BCUT2D eigenvalue weighted by molar-refractivity contribution is -0.126. The molecule has 1 fully saturated rings. The van der Waals surface area contributed by atoms with E-state index in [0.29, 0.717) is 13.0 Å². The van der Waals surface area contributed by atoms with E-state index in [9.17, 15) is 4.79 Å². The quantitative estimate of drug-likeness (QED) is 0.803. The van der Waals surface area contributed by atoms with Crippen molar-refractivity contribution in [2.75, 3.05) is 13.1 Å². The predicted molar refractivity (Wildman–Crippen MR) is 97.5 cm³/mol. The Balaban J connectivity index is 0.00000264. The highest BCUT2D eigenvalue weighted by molar-refractivity contribution is 5.85. The molecule has 2 rings (SSSR count). The van der Waals surface area contributed by atoms with Crippen molar-refractivity contribution >= 4 is 18.3 Å². The van der Waals surface area contributed by atoms with Gasteiger partial charge in [0, 0.05) is 13.1 Å². The molecular weight excluding hydrogens is 310 g/mol. The Bertz CT molecular complexity index is 482. The molecule has 0 aromatic heterocycles. The van der Waals surface area contributed by atoms with Gasteiger partial charge >= 0.3 is 0 Å². The highest BCUT2D eigenvalue weighted by Gasteiger charge is 2.26. The molecule has 1 aromatic carbocycles. The Hall–Kier alpha value is -1.10. The topological polar surface area (TPSA) is 58.4 Å². The van der Waals surface area contributed by atoms with Gasteiger partial charge in [-0.3, -0.25) is 9.69 Å². The van der Waals surface area contributed by atoms with E-state index in [1.54, 1.807) is 6.92 Å². The summed E-state index contributed by atoms with van der Waals surface area (Å²) in [6, 6.07) is 8.51. The molecule has 0 aliphatic carbocycles. The molecule has 23 heavy (non-hydrogen) atoms. The molecule has 1 aliphatic heterocycles. The number of hydrogen-bond acceptors (Lipinski definition) is 3. The maximum absolute atomic E-state index is 12.1. The molecule has 130 valence electrons. The highest BCUT2D eigenvalue weighted by atomic mass is 35.5. The third-order valence-electron chi connectivity index (χ3n) is 4.37. The van der Waals surface area contributed by atoms with Crippen LogP contribution in [0.5, 0.6) is 0 Å². The van der Waals surface area contributed by atoms with Crippen molar-refractivity contribution < 1.29 is 4.79 Å². The van der Waals surface area contributed by atoms with Crippen LogP contribution in [-0.2, 0) is 17.9 Å². The largest absolute Gasteiger partial charge is 0.350 e. The lowest BCUT2D eigenvalue weighted by atomic mass is 9.96. The lowest BCUT2D eigenvalue weighted by Crippen LogP contribution is -2.51. The van der Waals surface area contributed by atoms with Gasteiger partial charge in [0.15, 0.2) is 0 Å². The molecule has 5 heteroatoms. The van der Waals surface area contributed by atoms with Gasteiger partial charge in [0.1, 0.15) is 0 Å². The lowest BCUT2D eigenvalue weighted by Gasteiger charge is -2.22. The predicted octanol–water partition coefficient (Wildman–Crippen LogP) is 2.84. The van der Waals surface area contributed by atoms with Crippen molar-refractivity contribution in [1.82, 2.24) is 10.2 Å². The number of nitrogens with one attached hydrogen (secondary N) is 1. The fourth-order valence-corrected chi connectivity index (χ4v) is 2.98. The summed E-state index contributed by atoms with van der Waals surface area (Å²) in [5.74, 6) is -0.0736. The van der Waals surface area contributed by atoms with Gasteiger partial charge in [0.25, 0.3) is 0 Å². The normalized spacial score (nSPS) is 17.3. The van der Waals surface area contributed by atoms with Crippen molar-refractivity contribution in [3.05, 3.63) is 35.4 Å². The van der Waals surface area contributed by atoms with E-state index >= 15 is 0 Å². The Morgan fingerprint density at radius 3 is 2.35 bits per heavy atom. The maximum Gasteiger partial charge on any atom is 0.240 e. The number of benzene rings is 1. The molecule has 1 aliphatic rings. The monoisotopic (exact) mass is 339 g/mol. The van der Waals surface area contributed by atoms with Crippen molar-refractivity contribution in [3.63, 3.8) is 0 Å². The first-order valence-electron chi connectivity index (χ1n) is 8.38. The Morgan fingerprint density at radius 2 is 1.78 bits per heavy atom. The second-order valence-corrected chi connectivity index (χ2v) is 6.65. The average molecular weight is 340 g/mol. The van der Waals surface area contributed by atoms with E-state index in [0.717, 1.165) is 18.5 Å². The fraction of sp³-hybridized carbons (Fsp3) is 0.611. The molecule has 4 nitrogen and oxygen atoms in total. The molecule has 1 unspecified atom stereocenters. The summed E-state index contributed by atoms with van der Waals surface area (Å²) >= 11 is 0. The number of carbonyl (C=O) groups excluding carboxylic acids is 1. The van der Waals surface area contributed by atoms with Crippen LogP contribution in [0.2, 0.25) is 0 Å². The molecule has 3 N–H and O–H groups in total. The van der Waals surface area contributed by atoms with Gasteiger partial charge in [-0.1, -0.05) is 37.6 Å². The first kappa shape index (κ1) is 19.9. The average Bonchev–Trinajstić information content (AvgIpc) is 2.99. The minimum Gasteiger partial charge on any atom is -0.350 e. The Morgan fingerprint density at radius 1 is 1.22 bits per heavy atom. The second kappa shape index (κ2) is 9.26. The smallest absolute Gasteiger partial charge is 0.240 e. The van der Waals surface area contributed by atoms with Gasteiger partial charge in [-0.25, -0.2) is 0 Å². The third-order valence-corrected chi connectivity index (χ3v) is 4.37. The van der Waals surface area contributed by atoms with Gasteiger partial charge in [-0.05, 0) is 50.4 Å². The summed E-state index contributed by atoms with van der Waals surface area (Å²) in [6.07, 6.45) is 4.25. The van der Waals surface area contributed by atoms with E-state index in [4.69, 9.17) is 5.73 Å². The van der Waals surface area contributed by atoms with Crippen LogP contribution in [0.1, 0.15) is 50.7 Å². The van der Waals surface area contributed by atoms with Crippen LogP contribution in [0.25, 0.3) is 0 Å². The molecule has 0 spiro atoms. The van der Waals surface area contributed by atoms with Gasteiger partial charge in [0.05, 0.1) is 5.54 Å². The van der Waals surface area contributed by atoms with Crippen LogP contribution in [0.3, 0.4) is 0 Å². The van der Waals surface area contributed by atoms with Crippen LogP contribution in [0.4, 0.5) is 0 Å². The number of nitrogens with zero attached hydrogens (tertiary/aromatic N) is 1. The van der Waals surface area contributed by atoms with E-state index < -0.39 is 5.54 Å². The maximum atomic E-state index is 12.1. The first-order chi connectivity index (χ1) is 10.5. The molecule has 1 amide bonds. The van der Waals surface area contributed by atoms with E-state index in [1.165, 1.54) is 31.5 Å². The first-order valence-corrected chi connectivity index (χ1v) is 8.38. The van der Waals surface area contributed by atoms with Crippen molar-refractivity contribution in [3.8, 4) is 0 Å². The summed E-state index contributed by atoms with van der Waals surface area (Å²) in [7, 11) is 0. The SMILES string of the molecule is CCCC(C)(N)C(=O)NCc1ccc(CN2CCCC2)cc1.Cl. The minimum atomic E-state index is -0.773. The number of nitrogens with two attached hydrogens (primary N) is 1. The number of rotatable bonds is 7. The highest BCUT2D eigenvalue weighted by Crippen LogP contribution is 2.14. The number of hydrogen-bond donors (Lipinski definition) is 2. The van der Waals surface area contributed by atoms with Crippen LogP contribution >= 0.6 is 12.4 Å². The van der Waals surface area contributed by atoms with Crippen molar-refractivity contribution in [2.45, 2.75) is 58.2 Å². The van der Waals surface area contributed by atoms with Crippen molar-refractivity contribution in [2.24, 2.45) is 5.73 Å². The zero-order chi connectivity index (χ0) is 16.0. The number of amides is 1.